The molecule has 0 fully saturated rings. The van der Waals surface area contributed by atoms with Gasteiger partial charge in [0.15, 0.2) is 23.6 Å². The third-order valence-electron chi connectivity index (χ3n) is 18.1. The first-order valence-corrected chi connectivity index (χ1v) is 29.2. The van der Waals surface area contributed by atoms with E-state index in [1.54, 1.807) is 25.3 Å². The average molecular weight is 1120 g/mol. The van der Waals surface area contributed by atoms with E-state index in [4.69, 9.17) is 38.9 Å². The van der Waals surface area contributed by atoms with Gasteiger partial charge >= 0.3 is 0 Å². The van der Waals surface area contributed by atoms with E-state index in [0.717, 1.165) is 110 Å². The number of fused-ring (bicyclic) bond motifs is 4. The Bertz CT molecular complexity index is 3630. The molecule has 4 aliphatic heterocycles. The monoisotopic (exact) mass is 1120 g/mol. The highest BCUT2D eigenvalue weighted by molar-refractivity contribution is 5.79. The van der Waals surface area contributed by atoms with Crippen LogP contribution in [0.5, 0.6) is 0 Å². The molecule has 0 amide bonds. The lowest BCUT2D eigenvalue weighted by Crippen LogP contribution is -2.41. The number of hydrogen-bond acceptors (Lipinski definition) is 16. The zero-order valence-corrected chi connectivity index (χ0v) is 48.5. The molecular formula is C68H68N12O4. The van der Waals surface area contributed by atoms with E-state index in [1.807, 2.05) is 77.3 Å². The van der Waals surface area contributed by atoms with Crippen molar-refractivity contribution in [3.8, 4) is 44.5 Å². The SMILES string of the molecule is CC1=NC2(CCc3c(cccc3-c3cncnc3)C2)C(C)O1.CC1=N[C@@]2(CO1)Cc1cccc(-c3cncnc3)c1C2.CC1=N[C@]2(CCc3c(cccc3-c3cncnc3)C2)[C@H](C)O1.CC1=N[C@]2(CO1)Cc1cccc(-c3cncnc3)c1C2. The van der Waals surface area contributed by atoms with Crippen LogP contribution < -0.4 is 0 Å². The van der Waals surface area contributed by atoms with Gasteiger partial charge in [0, 0.05) is 138 Å². The van der Waals surface area contributed by atoms with E-state index in [2.05, 4.69) is 127 Å². The van der Waals surface area contributed by atoms with Crippen LogP contribution in [0.1, 0.15) is 98.9 Å². The van der Waals surface area contributed by atoms with Crippen LogP contribution in [0, 0.1) is 0 Å². The molecule has 424 valence electrons. The molecule has 16 rings (SSSR count). The van der Waals surface area contributed by atoms with E-state index >= 15 is 0 Å². The molecule has 6 atom stereocenters. The van der Waals surface area contributed by atoms with Crippen LogP contribution in [0.3, 0.4) is 0 Å². The number of ether oxygens (including phenoxy) is 4. The van der Waals surface area contributed by atoms with Gasteiger partial charge in [0.05, 0.1) is 0 Å². The predicted molar refractivity (Wildman–Crippen MR) is 325 cm³/mol. The maximum atomic E-state index is 5.81. The molecule has 4 aromatic carbocycles. The smallest absolute Gasteiger partial charge is 0.181 e. The van der Waals surface area contributed by atoms with Crippen molar-refractivity contribution in [2.75, 3.05) is 13.2 Å². The van der Waals surface area contributed by atoms with Gasteiger partial charge in [-0.25, -0.2) is 59.8 Å². The summed E-state index contributed by atoms with van der Waals surface area (Å²) in [5.41, 5.74) is 20.0. The summed E-state index contributed by atoms with van der Waals surface area (Å²) in [6.07, 6.45) is 31.4. The Hall–Kier alpha value is -8.92. The topological polar surface area (TPSA) is 189 Å². The lowest BCUT2D eigenvalue weighted by molar-refractivity contribution is 0.141. The largest absolute Gasteiger partial charge is 0.479 e. The molecule has 0 saturated carbocycles. The first-order valence-electron chi connectivity index (χ1n) is 29.2. The maximum absolute atomic E-state index is 5.81. The Labute approximate surface area is 490 Å². The van der Waals surface area contributed by atoms with Crippen molar-refractivity contribution in [3.05, 3.63) is 192 Å². The summed E-state index contributed by atoms with van der Waals surface area (Å²) in [6.45, 7) is 13.4. The van der Waals surface area contributed by atoms with Crippen LogP contribution in [0.2, 0.25) is 0 Å². The second-order valence-electron chi connectivity index (χ2n) is 23.6. The first kappa shape index (κ1) is 54.3. The highest BCUT2D eigenvalue weighted by atomic mass is 16.5. The zero-order valence-electron chi connectivity index (χ0n) is 48.5. The molecule has 16 nitrogen and oxygen atoms in total. The van der Waals surface area contributed by atoms with Crippen molar-refractivity contribution in [2.24, 2.45) is 20.0 Å². The quantitative estimate of drug-likeness (QED) is 0.162. The number of aliphatic imine (C=N–C) groups is 4. The summed E-state index contributed by atoms with van der Waals surface area (Å²) < 4.78 is 22.8. The maximum Gasteiger partial charge on any atom is 0.181 e. The molecule has 2 unspecified atom stereocenters. The molecule has 16 heteroatoms. The molecule has 84 heavy (non-hydrogen) atoms. The van der Waals surface area contributed by atoms with E-state index in [1.165, 1.54) is 66.8 Å². The number of hydrogen-bond donors (Lipinski definition) is 0. The third-order valence-corrected chi connectivity index (χ3v) is 18.1. The van der Waals surface area contributed by atoms with Gasteiger partial charge in [0.1, 0.15) is 72.9 Å². The van der Waals surface area contributed by atoms with Gasteiger partial charge in [-0.05, 0) is 106 Å². The van der Waals surface area contributed by atoms with Gasteiger partial charge in [0.2, 0.25) is 0 Å². The van der Waals surface area contributed by atoms with Gasteiger partial charge in [-0.1, -0.05) is 72.8 Å². The second kappa shape index (κ2) is 22.3. The Morgan fingerprint density at radius 3 is 0.952 bits per heavy atom. The average Bonchev–Trinajstić information content (AvgIpc) is 4.57. The van der Waals surface area contributed by atoms with Crippen molar-refractivity contribution in [3.63, 3.8) is 0 Å². The molecule has 0 N–H and O–H groups in total. The predicted octanol–water partition coefficient (Wildman–Crippen LogP) is 11.3. The van der Waals surface area contributed by atoms with Gasteiger partial charge in [-0.15, -0.1) is 0 Å². The fraction of sp³-hybridized carbons (Fsp3) is 0.353. The van der Waals surface area contributed by atoms with Crippen LogP contribution >= 0.6 is 0 Å². The van der Waals surface area contributed by atoms with Crippen molar-refractivity contribution in [1.82, 2.24) is 39.9 Å². The van der Waals surface area contributed by atoms with Gasteiger partial charge < -0.3 is 18.9 Å². The molecule has 4 spiro atoms. The van der Waals surface area contributed by atoms with E-state index < -0.39 is 0 Å². The summed E-state index contributed by atoms with van der Waals surface area (Å²) in [6, 6.07) is 25.9. The van der Waals surface area contributed by atoms with E-state index in [0.29, 0.717) is 13.2 Å². The van der Waals surface area contributed by atoms with Crippen molar-refractivity contribution >= 4 is 23.6 Å². The molecule has 4 aliphatic carbocycles. The van der Waals surface area contributed by atoms with Crippen LogP contribution in [-0.4, -0.2) is 111 Å². The minimum Gasteiger partial charge on any atom is -0.479 e. The van der Waals surface area contributed by atoms with Crippen LogP contribution in [0.4, 0.5) is 0 Å². The molecule has 8 aromatic rings. The van der Waals surface area contributed by atoms with Crippen molar-refractivity contribution in [1.29, 1.82) is 0 Å². The lowest BCUT2D eigenvalue weighted by Gasteiger charge is -2.35. The summed E-state index contributed by atoms with van der Waals surface area (Å²) in [4.78, 5) is 52.2. The molecule has 0 radical (unpaired) electrons. The minimum absolute atomic E-state index is 0.0805. The Morgan fingerprint density at radius 1 is 0.357 bits per heavy atom. The summed E-state index contributed by atoms with van der Waals surface area (Å²) in [7, 11) is 0. The highest BCUT2D eigenvalue weighted by Gasteiger charge is 2.47. The number of aromatic nitrogens is 8. The lowest BCUT2D eigenvalue weighted by atomic mass is 9.74. The number of benzene rings is 4. The molecule has 0 saturated heterocycles. The van der Waals surface area contributed by atoms with Crippen LogP contribution in [0.15, 0.2) is 168 Å². The molecule has 4 aromatic heterocycles. The van der Waals surface area contributed by atoms with E-state index in [-0.39, 0.29) is 34.4 Å². The molecular weight excluding hydrogens is 1050 g/mol. The normalized spacial score (nSPS) is 25.1. The fourth-order valence-electron chi connectivity index (χ4n) is 14.2. The zero-order chi connectivity index (χ0) is 57.5. The first-order chi connectivity index (χ1) is 40.9. The molecule has 8 aliphatic rings. The van der Waals surface area contributed by atoms with Crippen molar-refractivity contribution < 1.29 is 18.9 Å². The van der Waals surface area contributed by atoms with Gasteiger partial charge in [0.25, 0.3) is 0 Å². The van der Waals surface area contributed by atoms with Crippen LogP contribution in [-0.2, 0) is 70.3 Å². The standard InChI is InChI=1S/2C18H19N3O.2C16H15N3O/c2*1-12-18(21-13(2)22-12)7-6-17-14(8-18)4-3-5-16(17)15-9-19-11-20-10-15;2*1-11-19-16(9-20-11)5-12-3-2-4-14(15(12)6-16)13-7-17-10-18-8-13/h2*3-5,9-12H,6-8H2,1-2H3;2*2-4,7-8,10H,5-6,9H2,1H3/t12-,18-;;2*16-/m0.10/s1. The Morgan fingerprint density at radius 2 is 0.667 bits per heavy atom. The molecule has 0 bridgehead atoms. The highest BCUT2D eigenvalue weighted by Crippen LogP contribution is 2.45. The Balaban J connectivity index is 0.000000105. The Kier molecular flexibility index (Phi) is 14.5. The van der Waals surface area contributed by atoms with Gasteiger partial charge in [-0.2, -0.15) is 0 Å². The molecule has 8 heterocycles. The summed E-state index contributed by atoms with van der Waals surface area (Å²) >= 11 is 0. The summed E-state index contributed by atoms with van der Waals surface area (Å²) in [5, 5.41) is 0. The van der Waals surface area contributed by atoms with Gasteiger partial charge in [-0.3, -0.25) is 0 Å². The third kappa shape index (κ3) is 10.6. The van der Waals surface area contributed by atoms with Crippen LogP contribution in [0.25, 0.3) is 44.5 Å². The minimum atomic E-state index is -0.0852. The fourth-order valence-corrected chi connectivity index (χ4v) is 14.2. The summed E-state index contributed by atoms with van der Waals surface area (Å²) in [5.74, 6) is 3.26. The van der Waals surface area contributed by atoms with E-state index in [9.17, 15) is 0 Å². The number of rotatable bonds is 4. The van der Waals surface area contributed by atoms with Crippen molar-refractivity contribution in [2.45, 2.75) is 140 Å². The second-order valence-corrected chi connectivity index (χ2v) is 23.6. The number of nitrogens with zero attached hydrogens (tertiary/aromatic N) is 12.